The van der Waals surface area contributed by atoms with Crippen molar-refractivity contribution < 1.29 is 27.3 Å². The molecule has 1 aromatic carbocycles. The molecular formula is C24H25F3N2O3S2. The van der Waals surface area contributed by atoms with Crippen LogP contribution in [0.15, 0.2) is 82.0 Å². The molecule has 0 aliphatic carbocycles. The van der Waals surface area contributed by atoms with Crippen LogP contribution in [-0.2, 0) is 11.0 Å². The Morgan fingerprint density at radius 3 is 2.65 bits per heavy atom. The van der Waals surface area contributed by atoms with E-state index in [0.717, 1.165) is 22.8 Å². The van der Waals surface area contributed by atoms with Crippen molar-refractivity contribution >= 4 is 33.8 Å². The molecule has 1 unspecified atom stereocenters. The summed E-state index contributed by atoms with van der Waals surface area (Å²) in [4.78, 5) is 16.1. The number of nitrogens with one attached hydrogen (secondary N) is 1. The van der Waals surface area contributed by atoms with Crippen LogP contribution in [0.25, 0.3) is 0 Å². The number of halogens is 3. The highest BCUT2D eigenvalue weighted by Gasteiger charge is 2.30. The van der Waals surface area contributed by atoms with E-state index in [1.54, 1.807) is 26.0 Å². The molecule has 34 heavy (non-hydrogen) atoms. The fourth-order valence-corrected chi connectivity index (χ4v) is 4.54. The molecule has 1 aliphatic rings. The molecule has 5 nitrogen and oxygen atoms in total. The van der Waals surface area contributed by atoms with Gasteiger partial charge in [0, 0.05) is 12.2 Å². The molecule has 0 spiro atoms. The van der Waals surface area contributed by atoms with Crippen LogP contribution in [-0.4, -0.2) is 32.3 Å². The normalized spacial score (nSPS) is 15.5. The second kappa shape index (κ2) is 12.0. The molecule has 0 bridgehead atoms. The Bertz CT molecular complexity index is 1150. The van der Waals surface area contributed by atoms with Crippen molar-refractivity contribution in [2.45, 2.75) is 38.3 Å². The molecule has 2 N–H and O–H groups in total. The number of rotatable bonds is 8. The van der Waals surface area contributed by atoms with Gasteiger partial charge in [-0.05, 0) is 55.7 Å². The Balaban J connectivity index is 2.03. The topological polar surface area (TPSA) is 78.8 Å². The summed E-state index contributed by atoms with van der Waals surface area (Å²) in [6.45, 7) is 8.57. The Kier molecular flexibility index (Phi) is 9.69. The first-order chi connectivity index (χ1) is 15.9. The number of hydrogen-bond donors (Lipinski definition) is 2. The van der Waals surface area contributed by atoms with Crippen LogP contribution in [0.4, 0.5) is 13.2 Å². The zero-order valence-electron chi connectivity index (χ0n) is 18.9. The van der Waals surface area contributed by atoms with Crippen LogP contribution >= 0.6 is 11.8 Å². The van der Waals surface area contributed by atoms with E-state index in [1.807, 2.05) is 6.08 Å². The quantitative estimate of drug-likeness (QED) is 0.410. The first-order valence-electron chi connectivity index (χ1n) is 10.1. The predicted molar refractivity (Wildman–Crippen MR) is 132 cm³/mol. The van der Waals surface area contributed by atoms with Crippen molar-refractivity contribution in [3.63, 3.8) is 0 Å². The van der Waals surface area contributed by atoms with Gasteiger partial charge in [0.2, 0.25) is 0 Å². The molecular weight excluding hydrogens is 485 g/mol. The Labute approximate surface area is 203 Å². The smallest absolute Gasteiger partial charge is 0.416 e. The van der Waals surface area contributed by atoms with E-state index in [4.69, 9.17) is 0 Å². The van der Waals surface area contributed by atoms with Crippen molar-refractivity contribution in [1.29, 1.82) is 0 Å². The predicted octanol–water partition coefficient (Wildman–Crippen LogP) is 6.17. The van der Waals surface area contributed by atoms with Crippen LogP contribution in [0.5, 0.6) is 0 Å². The molecule has 0 fully saturated rings. The number of aryl methyl sites for hydroxylation is 1. The first kappa shape index (κ1) is 27.4. The number of nitrogens with zero attached hydrogens (tertiary/aromatic N) is 1. The summed E-state index contributed by atoms with van der Waals surface area (Å²) in [6, 6.07) is 3.06. The zero-order chi connectivity index (χ0) is 25.5. The lowest BCUT2D eigenvalue weighted by molar-refractivity contribution is -0.0883. The number of hydrogen-bond acceptors (Lipinski definition) is 4. The molecule has 0 saturated carbocycles. The van der Waals surface area contributed by atoms with Crippen molar-refractivity contribution in [1.82, 2.24) is 4.72 Å². The second-order valence-corrected chi connectivity index (χ2v) is 9.59. The third-order valence-electron chi connectivity index (χ3n) is 4.79. The van der Waals surface area contributed by atoms with Gasteiger partial charge in [-0.15, -0.1) is 11.8 Å². The van der Waals surface area contributed by atoms with Crippen LogP contribution in [0, 0.1) is 13.8 Å². The second-order valence-electron chi connectivity index (χ2n) is 7.32. The lowest BCUT2D eigenvalue weighted by Gasteiger charge is -2.10. The number of carboxylic acid groups (broad SMARTS) is 1. The summed E-state index contributed by atoms with van der Waals surface area (Å²) in [6.07, 6.45) is 4.45. The maximum atomic E-state index is 12.8. The maximum absolute atomic E-state index is 12.8. The van der Waals surface area contributed by atoms with Gasteiger partial charge in [0.1, 0.15) is 11.0 Å². The zero-order valence-corrected chi connectivity index (χ0v) is 20.5. The molecule has 0 saturated heterocycles. The van der Waals surface area contributed by atoms with E-state index in [-0.39, 0.29) is 5.56 Å². The Morgan fingerprint density at radius 2 is 2.03 bits per heavy atom. The lowest BCUT2D eigenvalue weighted by atomic mass is 10.0. The molecule has 182 valence electrons. The molecule has 2 rings (SSSR count). The highest BCUT2D eigenvalue weighted by molar-refractivity contribution is 8.14. The highest BCUT2D eigenvalue weighted by Crippen LogP contribution is 2.27. The standard InChI is InChI=1S/C24H25F3N2O3S2/c1-5-18(24(25,26)27)10-9-15(2)14-33-22-8-6-7-19(13-28-22)29-34(32)20-11-16(3)17(4)21(12-20)23(30)31/h5-7,9-13,29H,2,8,14H2,1,3-4H3,(H,30,31)/b10-9-,18-5+. The molecule has 10 heteroatoms. The van der Waals surface area contributed by atoms with Crippen molar-refractivity contribution in [2.75, 3.05) is 5.75 Å². The number of aliphatic imine (C=N–C) groups is 1. The highest BCUT2D eigenvalue weighted by atomic mass is 32.2. The number of carboxylic acids is 1. The van der Waals surface area contributed by atoms with E-state index < -0.39 is 28.7 Å². The fourth-order valence-electron chi connectivity index (χ4n) is 2.79. The minimum atomic E-state index is -4.41. The van der Waals surface area contributed by atoms with Gasteiger partial charge in [0.25, 0.3) is 0 Å². The average molecular weight is 511 g/mol. The average Bonchev–Trinajstić information content (AvgIpc) is 2.98. The van der Waals surface area contributed by atoms with E-state index in [1.165, 1.54) is 37.0 Å². The van der Waals surface area contributed by atoms with E-state index >= 15 is 0 Å². The Hall–Kier alpha value is -2.85. The number of benzene rings is 1. The number of alkyl halides is 3. The largest absolute Gasteiger partial charge is 0.478 e. The van der Waals surface area contributed by atoms with Gasteiger partial charge in [-0.25, -0.2) is 9.00 Å². The minimum Gasteiger partial charge on any atom is -0.478 e. The SMILES string of the molecule is C=C(/C=C\C(=C/C)C(F)(F)F)CSC1=NC=C(NS(=O)c2cc(C)c(C)c(C(=O)O)c2)C=CC1. The van der Waals surface area contributed by atoms with Gasteiger partial charge in [-0.2, -0.15) is 13.2 Å². The van der Waals surface area contributed by atoms with Gasteiger partial charge >= 0.3 is 12.1 Å². The summed E-state index contributed by atoms with van der Waals surface area (Å²) in [7, 11) is -1.70. The summed E-state index contributed by atoms with van der Waals surface area (Å²) >= 11 is 1.35. The van der Waals surface area contributed by atoms with Crippen molar-refractivity contribution in [3.8, 4) is 0 Å². The van der Waals surface area contributed by atoms with Crippen molar-refractivity contribution in [3.05, 3.63) is 88.8 Å². The molecule has 0 aromatic heterocycles. The fraction of sp³-hybridized carbons (Fsp3) is 0.250. The third kappa shape index (κ3) is 7.88. The minimum absolute atomic E-state index is 0.0957. The van der Waals surface area contributed by atoms with Crippen LogP contribution in [0.3, 0.4) is 0 Å². The summed E-state index contributed by atoms with van der Waals surface area (Å²) in [5, 5.41) is 10.1. The van der Waals surface area contributed by atoms with Gasteiger partial charge in [0.15, 0.2) is 0 Å². The lowest BCUT2D eigenvalue weighted by Crippen LogP contribution is -2.16. The summed E-state index contributed by atoms with van der Waals surface area (Å²) < 4.78 is 53.9. The Morgan fingerprint density at radius 1 is 1.32 bits per heavy atom. The van der Waals surface area contributed by atoms with Gasteiger partial charge in [-0.3, -0.25) is 9.71 Å². The molecule has 0 radical (unpaired) electrons. The van der Waals surface area contributed by atoms with E-state index in [2.05, 4.69) is 16.3 Å². The number of allylic oxidation sites excluding steroid dienone is 6. The van der Waals surface area contributed by atoms with Crippen LogP contribution < -0.4 is 4.72 Å². The molecule has 1 aromatic rings. The summed E-state index contributed by atoms with van der Waals surface area (Å²) in [5.74, 6) is -0.725. The van der Waals surface area contributed by atoms with E-state index in [0.29, 0.717) is 33.9 Å². The summed E-state index contributed by atoms with van der Waals surface area (Å²) in [5.41, 5.74) is 1.68. The number of carbonyl (C=O) groups is 1. The van der Waals surface area contributed by atoms with Crippen LogP contribution in [0.1, 0.15) is 34.8 Å². The molecule has 0 amide bonds. The monoisotopic (exact) mass is 510 g/mol. The number of thioether (sulfide) groups is 1. The van der Waals surface area contributed by atoms with Gasteiger partial charge < -0.3 is 5.11 Å². The molecule has 1 atom stereocenters. The number of aromatic carboxylic acids is 1. The van der Waals surface area contributed by atoms with Crippen LogP contribution in [0.2, 0.25) is 0 Å². The molecule has 1 heterocycles. The molecule has 1 aliphatic heterocycles. The van der Waals surface area contributed by atoms with E-state index in [9.17, 15) is 27.3 Å². The maximum Gasteiger partial charge on any atom is 0.416 e. The van der Waals surface area contributed by atoms with Gasteiger partial charge in [0.05, 0.1) is 33.0 Å². The first-order valence-corrected chi connectivity index (χ1v) is 12.2. The third-order valence-corrected chi connectivity index (χ3v) is 7.00. The van der Waals surface area contributed by atoms with Gasteiger partial charge in [-0.1, -0.05) is 30.9 Å². The van der Waals surface area contributed by atoms with Crippen molar-refractivity contribution in [2.24, 2.45) is 4.99 Å².